The van der Waals surface area contributed by atoms with E-state index in [4.69, 9.17) is 5.73 Å². The Kier molecular flexibility index (Phi) is 4.91. The fourth-order valence-corrected chi connectivity index (χ4v) is 1.70. The van der Waals surface area contributed by atoms with Gasteiger partial charge in [0.05, 0.1) is 6.04 Å². The Bertz CT molecular complexity index is 407. The average Bonchev–Trinajstić information content (AvgIpc) is 2.26. The predicted octanol–water partition coefficient (Wildman–Crippen LogP) is 2.03. The van der Waals surface area contributed by atoms with Crippen LogP contribution in [0.25, 0.3) is 0 Å². The molecular formula is C15H24N2O. The Morgan fingerprint density at radius 1 is 1.39 bits per heavy atom. The minimum absolute atomic E-state index is 0.0739. The van der Waals surface area contributed by atoms with Gasteiger partial charge in [-0.1, -0.05) is 50.6 Å². The first-order valence-corrected chi connectivity index (χ1v) is 6.39. The highest BCUT2D eigenvalue weighted by molar-refractivity contribution is 5.82. The number of rotatable bonds is 4. The van der Waals surface area contributed by atoms with Crippen LogP contribution in [0.5, 0.6) is 0 Å². The largest absolute Gasteiger partial charge is 0.354 e. The molecule has 100 valence electrons. The third-order valence-electron chi connectivity index (χ3n) is 3.01. The summed E-state index contributed by atoms with van der Waals surface area (Å²) in [6, 6.07) is 7.85. The third kappa shape index (κ3) is 4.49. The Labute approximate surface area is 110 Å². The van der Waals surface area contributed by atoms with Gasteiger partial charge in [0, 0.05) is 6.54 Å². The number of carbonyl (C=O) groups is 1. The molecule has 0 unspecified atom stereocenters. The zero-order valence-electron chi connectivity index (χ0n) is 11.8. The molecule has 1 atom stereocenters. The van der Waals surface area contributed by atoms with Gasteiger partial charge in [-0.2, -0.15) is 0 Å². The monoisotopic (exact) mass is 248 g/mol. The van der Waals surface area contributed by atoms with Crippen LogP contribution in [0.15, 0.2) is 24.3 Å². The summed E-state index contributed by atoms with van der Waals surface area (Å²) in [7, 11) is 0. The lowest BCUT2D eigenvalue weighted by Crippen LogP contribution is -2.48. The van der Waals surface area contributed by atoms with Crippen molar-refractivity contribution in [2.45, 2.75) is 40.2 Å². The summed E-state index contributed by atoms with van der Waals surface area (Å²) < 4.78 is 0. The second-order valence-corrected chi connectivity index (χ2v) is 5.87. The minimum atomic E-state index is -0.463. The molecule has 0 spiro atoms. The fourth-order valence-electron chi connectivity index (χ4n) is 1.70. The van der Waals surface area contributed by atoms with E-state index in [2.05, 4.69) is 30.4 Å². The van der Waals surface area contributed by atoms with Crippen molar-refractivity contribution < 1.29 is 4.79 Å². The van der Waals surface area contributed by atoms with E-state index in [-0.39, 0.29) is 11.3 Å². The van der Waals surface area contributed by atoms with E-state index in [1.54, 1.807) is 0 Å². The van der Waals surface area contributed by atoms with Gasteiger partial charge in [-0.05, 0) is 24.3 Å². The number of carbonyl (C=O) groups excluding carboxylic acids is 1. The third-order valence-corrected chi connectivity index (χ3v) is 3.01. The highest BCUT2D eigenvalue weighted by Crippen LogP contribution is 2.17. The first-order valence-electron chi connectivity index (χ1n) is 6.39. The highest BCUT2D eigenvalue weighted by Gasteiger charge is 2.26. The molecule has 0 aromatic heterocycles. The first-order chi connectivity index (χ1) is 8.30. The van der Waals surface area contributed by atoms with Crippen LogP contribution in [-0.4, -0.2) is 18.5 Å². The number of aryl methyl sites for hydroxylation is 1. The molecule has 0 aliphatic rings. The van der Waals surface area contributed by atoms with Gasteiger partial charge in [-0.25, -0.2) is 0 Å². The standard InChI is InChI=1S/C15H24N2O/c1-11-6-5-7-12(10-11)8-9-17-14(18)13(16)15(2,3)4/h5-7,10,13H,8-9,16H2,1-4H3,(H,17,18)/t13-/m0/s1. The van der Waals surface area contributed by atoms with E-state index >= 15 is 0 Å². The van der Waals surface area contributed by atoms with E-state index in [9.17, 15) is 4.79 Å². The van der Waals surface area contributed by atoms with Gasteiger partial charge >= 0.3 is 0 Å². The normalized spacial score (nSPS) is 13.2. The molecule has 3 heteroatoms. The zero-order valence-corrected chi connectivity index (χ0v) is 11.8. The van der Waals surface area contributed by atoms with Crippen molar-refractivity contribution in [2.24, 2.45) is 11.1 Å². The van der Waals surface area contributed by atoms with Crippen LogP contribution < -0.4 is 11.1 Å². The van der Waals surface area contributed by atoms with Gasteiger partial charge in [0.1, 0.15) is 0 Å². The molecule has 18 heavy (non-hydrogen) atoms. The van der Waals surface area contributed by atoms with Crippen LogP contribution in [0.1, 0.15) is 31.9 Å². The number of amides is 1. The van der Waals surface area contributed by atoms with E-state index in [1.165, 1.54) is 11.1 Å². The summed E-state index contributed by atoms with van der Waals surface area (Å²) in [5.74, 6) is -0.0739. The molecule has 0 aliphatic heterocycles. The Morgan fingerprint density at radius 2 is 2.06 bits per heavy atom. The summed E-state index contributed by atoms with van der Waals surface area (Å²) in [4.78, 5) is 11.8. The van der Waals surface area contributed by atoms with Crippen LogP contribution in [0, 0.1) is 12.3 Å². The van der Waals surface area contributed by atoms with Crippen molar-refractivity contribution in [3.05, 3.63) is 35.4 Å². The minimum Gasteiger partial charge on any atom is -0.354 e. The molecule has 0 radical (unpaired) electrons. The van der Waals surface area contributed by atoms with Crippen molar-refractivity contribution in [3.8, 4) is 0 Å². The van der Waals surface area contributed by atoms with E-state index in [1.807, 2.05) is 26.8 Å². The molecule has 1 aromatic carbocycles. The van der Waals surface area contributed by atoms with Gasteiger partial charge in [0.15, 0.2) is 0 Å². The summed E-state index contributed by atoms with van der Waals surface area (Å²) in [5.41, 5.74) is 8.16. The summed E-state index contributed by atoms with van der Waals surface area (Å²) >= 11 is 0. The van der Waals surface area contributed by atoms with Crippen molar-refractivity contribution in [2.75, 3.05) is 6.54 Å². The van der Waals surface area contributed by atoms with Crippen molar-refractivity contribution in [3.63, 3.8) is 0 Å². The lowest BCUT2D eigenvalue weighted by molar-refractivity contribution is -0.124. The molecule has 1 rings (SSSR count). The Balaban J connectivity index is 2.41. The van der Waals surface area contributed by atoms with E-state index < -0.39 is 6.04 Å². The maximum absolute atomic E-state index is 11.8. The molecule has 3 nitrogen and oxygen atoms in total. The molecule has 0 heterocycles. The number of benzene rings is 1. The second-order valence-electron chi connectivity index (χ2n) is 5.87. The molecule has 0 fully saturated rings. The van der Waals surface area contributed by atoms with Gasteiger partial charge in [-0.3, -0.25) is 4.79 Å². The Hall–Kier alpha value is -1.35. The summed E-state index contributed by atoms with van der Waals surface area (Å²) in [6.45, 7) is 8.61. The quantitative estimate of drug-likeness (QED) is 0.856. The summed E-state index contributed by atoms with van der Waals surface area (Å²) in [6.07, 6.45) is 0.838. The molecule has 0 aliphatic carbocycles. The maximum atomic E-state index is 11.8. The van der Waals surface area contributed by atoms with Crippen LogP contribution in [0.4, 0.5) is 0 Å². The fraction of sp³-hybridized carbons (Fsp3) is 0.533. The highest BCUT2D eigenvalue weighted by atomic mass is 16.2. The van der Waals surface area contributed by atoms with Crippen LogP contribution in [-0.2, 0) is 11.2 Å². The molecule has 3 N–H and O–H groups in total. The van der Waals surface area contributed by atoms with Crippen LogP contribution in [0.2, 0.25) is 0 Å². The number of nitrogens with two attached hydrogens (primary N) is 1. The molecular weight excluding hydrogens is 224 g/mol. The van der Waals surface area contributed by atoms with Gasteiger partial charge in [0.25, 0.3) is 0 Å². The summed E-state index contributed by atoms with van der Waals surface area (Å²) in [5, 5.41) is 2.89. The lowest BCUT2D eigenvalue weighted by atomic mass is 9.87. The van der Waals surface area contributed by atoms with Crippen molar-refractivity contribution in [1.82, 2.24) is 5.32 Å². The van der Waals surface area contributed by atoms with Crippen molar-refractivity contribution >= 4 is 5.91 Å². The van der Waals surface area contributed by atoms with Gasteiger partial charge in [-0.15, -0.1) is 0 Å². The molecule has 1 aromatic rings. The molecule has 0 bridgehead atoms. The van der Waals surface area contributed by atoms with Crippen LogP contribution >= 0.6 is 0 Å². The second kappa shape index (κ2) is 6.01. The average molecular weight is 248 g/mol. The van der Waals surface area contributed by atoms with Crippen molar-refractivity contribution in [1.29, 1.82) is 0 Å². The SMILES string of the molecule is Cc1cccc(CCNC(=O)[C@H](N)C(C)(C)C)c1. The topological polar surface area (TPSA) is 55.1 Å². The van der Waals surface area contributed by atoms with Gasteiger partial charge in [0.2, 0.25) is 5.91 Å². The number of hydrogen-bond donors (Lipinski definition) is 2. The first kappa shape index (κ1) is 14.7. The Morgan fingerprint density at radius 3 is 2.61 bits per heavy atom. The number of nitrogens with one attached hydrogen (secondary N) is 1. The maximum Gasteiger partial charge on any atom is 0.237 e. The lowest BCUT2D eigenvalue weighted by Gasteiger charge is -2.25. The van der Waals surface area contributed by atoms with E-state index in [0.717, 1.165) is 6.42 Å². The smallest absolute Gasteiger partial charge is 0.237 e. The molecule has 0 saturated carbocycles. The van der Waals surface area contributed by atoms with Crippen LogP contribution in [0.3, 0.4) is 0 Å². The number of hydrogen-bond acceptors (Lipinski definition) is 2. The molecule has 1 amide bonds. The molecule has 0 saturated heterocycles. The predicted molar refractivity (Wildman–Crippen MR) is 75.3 cm³/mol. The van der Waals surface area contributed by atoms with Gasteiger partial charge < -0.3 is 11.1 Å². The zero-order chi connectivity index (χ0) is 13.8. The van der Waals surface area contributed by atoms with E-state index in [0.29, 0.717) is 6.54 Å².